The van der Waals surface area contributed by atoms with Crippen LogP contribution in [-0.4, -0.2) is 36.3 Å². The summed E-state index contributed by atoms with van der Waals surface area (Å²) >= 11 is 3.20. The van der Waals surface area contributed by atoms with Gasteiger partial charge in [0.15, 0.2) is 0 Å². The van der Waals surface area contributed by atoms with E-state index in [1.165, 1.54) is 23.1 Å². The number of hydrogen-bond donors (Lipinski definition) is 1. The number of nitrogens with zero attached hydrogens (tertiary/aromatic N) is 1. The molecular formula is C12H12BrFN2O2. The van der Waals surface area contributed by atoms with Gasteiger partial charge in [-0.2, -0.15) is 0 Å². The van der Waals surface area contributed by atoms with E-state index in [0.29, 0.717) is 24.0 Å². The number of hydrogen-bond acceptors (Lipinski definition) is 2. The molecule has 1 aromatic carbocycles. The highest BCUT2D eigenvalue weighted by atomic mass is 79.9. The minimum absolute atomic E-state index is 0.0147. The molecule has 96 valence electrons. The third-order valence-electron chi connectivity index (χ3n) is 2.71. The topological polar surface area (TPSA) is 49.4 Å². The van der Waals surface area contributed by atoms with Crippen LogP contribution < -0.4 is 5.32 Å². The quantitative estimate of drug-likeness (QED) is 0.855. The Bertz CT molecular complexity index is 493. The fourth-order valence-corrected chi connectivity index (χ4v) is 2.17. The lowest BCUT2D eigenvalue weighted by molar-refractivity contribution is -0.121. The van der Waals surface area contributed by atoms with Crippen LogP contribution in [0.2, 0.25) is 0 Å². The SMILES string of the molecule is O=C1CN(C(=O)c2cc(Br)ccc2F)CCCN1. The Hall–Kier alpha value is -1.43. The molecule has 0 aliphatic carbocycles. The Labute approximate surface area is 112 Å². The van der Waals surface area contributed by atoms with Crippen molar-refractivity contribution in [2.24, 2.45) is 0 Å². The van der Waals surface area contributed by atoms with E-state index in [1.807, 2.05) is 0 Å². The predicted octanol–water partition coefficient (Wildman–Crippen LogP) is 1.55. The third-order valence-corrected chi connectivity index (χ3v) is 3.20. The summed E-state index contributed by atoms with van der Waals surface area (Å²) in [7, 11) is 0. The van der Waals surface area contributed by atoms with E-state index in [1.54, 1.807) is 0 Å². The van der Waals surface area contributed by atoms with E-state index in [0.717, 1.165) is 0 Å². The molecule has 1 fully saturated rings. The van der Waals surface area contributed by atoms with E-state index in [9.17, 15) is 14.0 Å². The summed E-state index contributed by atoms with van der Waals surface area (Å²) in [5.41, 5.74) is -0.0147. The lowest BCUT2D eigenvalue weighted by Gasteiger charge is -2.19. The number of carbonyl (C=O) groups excluding carboxylic acids is 2. The van der Waals surface area contributed by atoms with Crippen molar-refractivity contribution >= 4 is 27.7 Å². The van der Waals surface area contributed by atoms with Gasteiger partial charge in [0.25, 0.3) is 5.91 Å². The van der Waals surface area contributed by atoms with Crippen molar-refractivity contribution < 1.29 is 14.0 Å². The Morgan fingerprint density at radius 3 is 3.00 bits per heavy atom. The number of rotatable bonds is 1. The fourth-order valence-electron chi connectivity index (χ4n) is 1.81. The largest absolute Gasteiger partial charge is 0.354 e. The van der Waals surface area contributed by atoms with E-state index >= 15 is 0 Å². The maximum absolute atomic E-state index is 13.6. The number of benzene rings is 1. The second-order valence-corrected chi connectivity index (χ2v) is 4.97. The maximum atomic E-state index is 13.6. The highest BCUT2D eigenvalue weighted by Gasteiger charge is 2.23. The molecule has 4 nitrogen and oxygen atoms in total. The van der Waals surface area contributed by atoms with Crippen molar-refractivity contribution in [2.75, 3.05) is 19.6 Å². The summed E-state index contributed by atoms with van der Waals surface area (Å²) in [6.45, 7) is 0.970. The van der Waals surface area contributed by atoms with Gasteiger partial charge in [0.05, 0.1) is 12.1 Å². The monoisotopic (exact) mass is 314 g/mol. The van der Waals surface area contributed by atoms with Crippen LogP contribution in [0, 0.1) is 5.82 Å². The second kappa shape index (κ2) is 5.48. The zero-order valence-electron chi connectivity index (χ0n) is 9.58. The smallest absolute Gasteiger partial charge is 0.257 e. The number of nitrogens with one attached hydrogen (secondary N) is 1. The second-order valence-electron chi connectivity index (χ2n) is 4.05. The predicted molar refractivity (Wildman–Crippen MR) is 67.6 cm³/mol. The molecule has 18 heavy (non-hydrogen) atoms. The molecule has 2 rings (SSSR count). The van der Waals surface area contributed by atoms with Crippen LogP contribution in [0.15, 0.2) is 22.7 Å². The molecule has 0 bridgehead atoms. The zero-order chi connectivity index (χ0) is 13.1. The molecule has 1 N–H and O–H groups in total. The van der Waals surface area contributed by atoms with Gasteiger partial charge < -0.3 is 10.2 Å². The Kier molecular flexibility index (Phi) is 3.96. The lowest BCUT2D eigenvalue weighted by atomic mass is 10.2. The van der Waals surface area contributed by atoms with E-state index < -0.39 is 11.7 Å². The fraction of sp³-hybridized carbons (Fsp3) is 0.333. The van der Waals surface area contributed by atoms with Crippen LogP contribution in [0.4, 0.5) is 4.39 Å². The van der Waals surface area contributed by atoms with Crippen molar-refractivity contribution in [3.05, 3.63) is 34.1 Å². The molecule has 0 unspecified atom stereocenters. The molecule has 6 heteroatoms. The van der Waals surface area contributed by atoms with Crippen LogP contribution in [0.3, 0.4) is 0 Å². The van der Waals surface area contributed by atoms with Crippen LogP contribution in [-0.2, 0) is 4.79 Å². The maximum Gasteiger partial charge on any atom is 0.257 e. The highest BCUT2D eigenvalue weighted by molar-refractivity contribution is 9.10. The van der Waals surface area contributed by atoms with Crippen molar-refractivity contribution in [1.82, 2.24) is 10.2 Å². The van der Waals surface area contributed by atoms with E-state index in [4.69, 9.17) is 0 Å². The number of carbonyl (C=O) groups is 2. The zero-order valence-corrected chi connectivity index (χ0v) is 11.2. The van der Waals surface area contributed by atoms with Gasteiger partial charge in [0.2, 0.25) is 5.91 Å². The molecule has 1 aliphatic rings. The Morgan fingerprint density at radius 2 is 2.22 bits per heavy atom. The molecule has 0 atom stereocenters. The molecular weight excluding hydrogens is 303 g/mol. The molecule has 1 heterocycles. The number of amides is 2. The van der Waals surface area contributed by atoms with Crippen molar-refractivity contribution in [2.45, 2.75) is 6.42 Å². The molecule has 0 saturated carbocycles. The first-order valence-corrected chi connectivity index (χ1v) is 6.38. The van der Waals surface area contributed by atoms with Gasteiger partial charge >= 0.3 is 0 Å². The van der Waals surface area contributed by atoms with Crippen molar-refractivity contribution in [3.8, 4) is 0 Å². The molecule has 0 spiro atoms. The standard InChI is InChI=1S/C12H12BrFN2O2/c13-8-2-3-10(14)9(6-8)12(18)16-5-1-4-15-11(17)7-16/h2-3,6H,1,4-5,7H2,(H,15,17). The van der Waals surface area contributed by atoms with Gasteiger partial charge in [-0.1, -0.05) is 15.9 Å². The van der Waals surface area contributed by atoms with Crippen LogP contribution >= 0.6 is 15.9 Å². The van der Waals surface area contributed by atoms with Gasteiger partial charge in [-0.05, 0) is 24.6 Å². The first-order chi connectivity index (χ1) is 8.58. The molecule has 1 aliphatic heterocycles. The van der Waals surface area contributed by atoms with E-state index in [2.05, 4.69) is 21.2 Å². The van der Waals surface area contributed by atoms with Gasteiger partial charge in [0.1, 0.15) is 5.82 Å². The molecule has 1 saturated heterocycles. The average molecular weight is 315 g/mol. The van der Waals surface area contributed by atoms with Gasteiger partial charge in [-0.15, -0.1) is 0 Å². The molecule has 2 amide bonds. The first kappa shape index (κ1) is 13.0. The van der Waals surface area contributed by atoms with Crippen molar-refractivity contribution in [3.63, 3.8) is 0 Å². The normalized spacial score (nSPS) is 16.1. The highest BCUT2D eigenvalue weighted by Crippen LogP contribution is 2.17. The Morgan fingerprint density at radius 1 is 1.44 bits per heavy atom. The van der Waals surface area contributed by atoms with E-state index in [-0.39, 0.29) is 18.0 Å². The molecule has 0 radical (unpaired) electrons. The summed E-state index contributed by atoms with van der Waals surface area (Å²) in [6.07, 6.45) is 0.674. The molecule has 0 aromatic heterocycles. The minimum atomic E-state index is -0.576. The third kappa shape index (κ3) is 2.87. The van der Waals surface area contributed by atoms with Crippen LogP contribution in [0.1, 0.15) is 16.8 Å². The van der Waals surface area contributed by atoms with Crippen LogP contribution in [0.25, 0.3) is 0 Å². The number of halogens is 2. The minimum Gasteiger partial charge on any atom is -0.354 e. The van der Waals surface area contributed by atoms with Crippen molar-refractivity contribution in [1.29, 1.82) is 0 Å². The molecule has 1 aromatic rings. The summed E-state index contributed by atoms with van der Waals surface area (Å²) in [5.74, 6) is -1.24. The van der Waals surface area contributed by atoms with Crippen LogP contribution in [0.5, 0.6) is 0 Å². The Balaban J connectivity index is 2.24. The summed E-state index contributed by atoms with van der Waals surface area (Å²) in [6, 6.07) is 4.19. The summed E-state index contributed by atoms with van der Waals surface area (Å²) in [4.78, 5) is 24.9. The van der Waals surface area contributed by atoms with Gasteiger partial charge in [0, 0.05) is 17.6 Å². The first-order valence-electron chi connectivity index (χ1n) is 5.59. The van der Waals surface area contributed by atoms with Gasteiger partial charge in [-0.3, -0.25) is 9.59 Å². The lowest BCUT2D eigenvalue weighted by Crippen LogP contribution is -2.37. The summed E-state index contributed by atoms with van der Waals surface area (Å²) < 4.78 is 14.2. The van der Waals surface area contributed by atoms with Gasteiger partial charge in [-0.25, -0.2) is 4.39 Å². The average Bonchev–Trinajstić information content (AvgIpc) is 2.56. The summed E-state index contributed by atoms with van der Waals surface area (Å²) in [5, 5.41) is 2.67.